The first kappa shape index (κ1) is 11.5. The van der Waals surface area contributed by atoms with Crippen molar-refractivity contribution in [2.24, 2.45) is 0 Å². The van der Waals surface area contributed by atoms with Gasteiger partial charge in [0.25, 0.3) is 0 Å². The minimum absolute atomic E-state index is 0.245. The van der Waals surface area contributed by atoms with E-state index in [0.29, 0.717) is 0 Å². The van der Waals surface area contributed by atoms with Crippen molar-refractivity contribution in [3.8, 4) is 0 Å². The van der Waals surface area contributed by atoms with Crippen molar-refractivity contribution in [3.05, 3.63) is 24.3 Å². The van der Waals surface area contributed by atoms with E-state index in [1.807, 2.05) is 19.9 Å². The van der Waals surface area contributed by atoms with Gasteiger partial charge in [-0.3, -0.25) is 0 Å². The van der Waals surface area contributed by atoms with Gasteiger partial charge in [-0.05, 0) is 25.2 Å². The highest BCUT2D eigenvalue weighted by atomic mass is 32.2. The summed E-state index contributed by atoms with van der Waals surface area (Å²) in [4.78, 5) is 7.99. The fraction of sp³-hybridized carbons (Fsp3) is 0.600. The first-order chi connectivity index (χ1) is 6.70. The number of aromatic nitrogens is 2. The highest BCUT2D eigenvalue weighted by molar-refractivity contribution is 7.99. The lowest BCUT2D eigenvalue weighted by Crippen LogP contribution is -2.16. The van der Waals surface area contributed by atoms with Crippen molar-refractivity contribution < 1.29 is 5.11 Å². The van der Waals surface area contributed by atoms with Gasteiger partial charge >= 0.3 is 0 Å². The van der Waals surface area contributed by atoms with E-state index in [1.54, 1.807) is 24.3 Å². The summed E-state index contributed by atoms with van der Waals surface area (Å²) in [5.41, 5.74) is 1.06. The van der Waals surface area contributed by atoms with Gasteiger partial charge in [0, 0.05) is 17.1 Å². The number of aryl methyl sites for hydroxylation is 1. The molecule has 4 heteroatoms. The zero-order chi connectivity index (χ0) is 10.4. The molecule has 0 amide bonds. The summed E-state index contributed by atoms with van der Waals surface area (Å²) in [6.45, 7) is 3.86. The number of thioether (sulfide) groups is 1. The van der Waals surface area contributed by atoms with Crippen LogP contribution in [0.15, 0.2) is 18.6 Å². The molecule has 0 spiro atoms. The molecule has 2 unspecified atom stereocenters. The molecule has 0 aliphatic rings. The predicted octanol–water partition coefficient (Wildman–Crippen LogP) is 1.52. The molecule has 0 aromatic carbocycles. The molecule has 1 heterocycles. The van der Waals surface area contributed by atoms with Crippen molar-refractivity contribution in [2.45, 2.75) is 31.6 Å². The number of aliphatic hydroxyl groups is 1. The lowest BCUT2D eigenvalue weighted by atomic mass is 10.3. The summed E-state index contributed by atoms with van der Waals surface area (Å²) in [5, 5.41) is 9.56. The standard InChI is InChI=1S/C10H16N2OS/c1-8(13)9(2)14-6-4-10-3-5-11-7-12-10/h3,5,7-9,13H,4,6H2,1-2H3. The van der Waals surface area contributed by atoms with Crippen LogP contribution in [-0.2, 0) is 6.42 Å². The number of aliphatic hydroxyl groups excluding tert-OH is 1. The van der Waals surface area contributed by atoms with Crippen LogP contribution in [0.2, 0.25) is 0 Å². The fourth-order valence-corrected chi connectivity index (χ4v) is 1.93. The van der Waals surface area contributed by atoms with Crippen molar-refractivity contribution in [1.29, 1.82) is 0 Å². The van der Waals surface area contributed by atoms with E-state index in [9.17, 15) is 5.11 Å². The van der Waals surface area contributed by atoms with Crippen LogP contribution in [0.1, 0.15) is 19.5 Å². The van der Waals surface area contributed by atoms with Crippen LogP contribution < -0.4 is 0 Å². The van der Waals surface area contributed by atoms with Gasteiger partial charge in [-0.15, -0.1) is 0 Å². The summed E-state index contributed by atoms with van der Waals surface area (Å²) in [5.74, 6) is 0.989. The van der Waals surface area contributed by atoms with Crippen LogP contribution in [0.5, 0.6) is 0 Å². The maximum Gasteiger partial charge on any atom is 0.115 e. The molecule has 0 saturated heterocycles. The smallest absolute Gasteiger partial charge is 0.115 e. The second kappa shape index (κ2) is 5.98. The SMILES string of the molecule is CC(O)C(C)SCCc1ccncn1. The molecular weight excluding hydrogens is 196 g/mol. The van der Waals surface area contributed by atoms with Crippen LogP contribution in [0.25, 0.3) is 0 Å². The lowest BCUT2D eigenvalue weighted by molar-refractivity contribution is 0.196. The van der Waals surface area contributed by atoms with Gasteiger partial charge in [-0.2, -0.15) is 11.8 Å². The van der Waals surface area contributed by atoms with Crippen LogP contribution in [0, 0.1) is 0 Å². The summed E-state index contributed by atoms with van der Waals surface area (Å²) >= 11 is 1.77. The third-order valence-electron chi connectivity index (χ3n) is 2.06. The van der Waals surface area contributed by atoms with Crippen LogP contribution in [0.4, 0.5) is 0 Å². The summed E-state index contributed by atoms with van der Waals surface area (Å²) in [7, 11) is 0. The third-order valence-corrected chi connectivity index (χ3v) is 3.42. The van der Waals surface area contributed by atoms with Gasteiger partial charge in [0.15, 0.2) is 0 Å². The van der Waals surface area contributed by atoms with E-state index in [4.69, 9.17) is 0 Å². The second-order valence-corrected chi connectivity index (χ2v) is 4.75. The maximum absolute atomic E-state index is 9.27. The van der Waals surface area contributed by atoms with Crippen molar-refractivity contribution in [1.82, 2.24) is 9.97 Å². The quantitative estimate of drug-likeness (QED) is 0.804. The molecule has 1 aromatic heterocycles. The molecular formula is C10H16N2OS. The van der Waals surface area contributed by atoms with Gasteiger partial charge in [0.1, 0.15) is 6.33 Å². The number of rotatable bonds is 5. The number of nitrogens with zero attached hydrogens (tertiary/aromatic N) is 2. The Kier molecular flexibility index (Phi) is 4.90. The largest absolute Gasteiger partial charge is 0.392 e. The van der Waals surface area contributed by atoms with Crippen LogP contribution in [-0.4, -0.2) is 32.2 Å². The lowest BCUT2D eigenvalue weighted by Gasteiger charge is -2.13. The van der Waals surface area contributed by atoms with Gasteiger partial charge in [-0.25, -0.2) is 9.97 Å². The number of hydrogen-bond acceptors (Lipinski definition) is 4. The Morgan fingerprint density at radius 2 is 2.29 bits per heavy atom. The molecule has 78 valence electrons. The zero-order valence-corrected chi connectivity index (χ0v) is 9.37. The normalized spacial score (nSPS) is 15.1. The van der Waals surface area contributed by atoms with Crippen LogP contribution >= 0.6 is 11.8 Å². The molecule has 0 fully saturated rings. The highest BCUT2D eigenvalue weighted by Gasteiger charge is 2.08. The number of hydrogen-bond donors (Lipinski definition) is 1. The third kappa shape index (κ3) is 4.07. The first-order valence-corrected chi connectivity index (χ1v) is 5.79. The summed E-state index contributed by atoms with van der Waals surface area (Å²) in [6.07, 6.45) is 4.01. The molecule has 0 bridgehead atoms. The zero-order valence-electron chi connectivity index (χ0n) is 8.55. The molecule has 1 aromatic rings. The summed E-state index contributed by atoms with van der Waals surface area (Å²) in [6, 6.07) is 1.92. The predicted molar refractivity (Wildman–Crippen MR) is 59.3 cm³/mol. The first-order valence-electron chi connectivity index (χ1n) is 4.74. The molecule has 14 heavy (non-hydrogen) atoms. The van der Waals surface area contributed by atoms with E-state index in [0.717, 1.165) is 17.9 Å². The Morgan fingerprint density at radius 1 is 1.50 bits per heavy atom. The van der Waals surface area contributed by atoms with Gasteiger partial charge in [0.05, 0.1) is 6.10 Å². The Bertz CT molecular complexity index is 254. The molecule has 0 aliphatic heterocycles. The Morgan fingerprint density at radius 3 is 2.86 bits per heavy atom. The fourth-order valence-electron chi connectivity index (χ4n) is 0.955. The van der Waals surface area contributed by atoms with Crippen molar-refractivity contribution in [2.75, 3.05) is 5.75 Å². The van der Waals surface area contributed by atoms with E-state index < -0.39 is 0 Å². The highest BCUT2D eigenvalue weighted by Crippen LogP contribution is 2.15. The molecule has 0 aliphatic carbocycles. The topological polar surface area (TPSA) is 46.0 Å². The molecule has 1 rings (SSSR count). The van der Waals surface area contributed by atoms with E-state index in [2.05, 4.69) is 9.97 Å². The summed E-state index contributed by atoms with van der Waals surface area (Å²) < 4.78 is 0. The van der Waals surface area contributed by atoms with E-state index >= 15 is 0 Å². The molecule has 3 nitrogen and oxygen atoms in total. The Balaban J connectivity index is 2.22. The Hall–Kier alpha value is -0.610. The van der Waals surface area contributed by atoms with Gasteiger partial charge in [0.2, 0.25) is 0 Å². The van der Waals surface area contributed by atoms with E-state index in [1.165, 1.54) is 0 Å². The minimum atomic E-state index is -0.245. The van der Waals surface area contributed by atoms with E-state index in [-0.39, 0.29) is 11.4 Å². The van der Waals surface area contributed by atoms with Crippen molar-refractivity contribution in [3.63, 3.8) is 0 Å². The van der Waals surface area contributed by atoms with Crippen LogP contribution in [0.3, 0.4) is 0 Å². The molecule has 1 N–H and O–H groups in total. The maximum atomic E-state index is 9.27. The van der Waals surface area contributed by atoms with Gasteiger partial charge < -0.3 is 5.11 Å². The second-order valence-electron chi connectivity index (χ2n) is 3.27. The molecule has 0 saturated carbocycles. The van der Waals surface area contributed by atoms with Gasteiger partial charge in [-0.1, -0.05) is 6.92 Å². The average Bonchev–Trinajstić information content (AvgIpc) is 2.19. The molecule has 2 atom stereocenters. The Labute approximate surface area is 89.0 Å². The molecule has 0 radical (unpaired) electrons. The van der Waals surface area contributed by atoms with Crippen molar-refractivity contribution >= 4 is 11.8 Å². The average molecular weight is 212 g/mol. The minimum Gasteiger partial charge on any atom is -0.392 e. The monoisotopic (exact) mass is 212 g/mol.